The lowest BCUT2D eigenvalue weighted by Gasteiger charge is -2.09. The Morgan fingerprint density at radius 1 is 0.340 bits per heavy atom. The van der Waals surface area contributed by atoms with Gasteiger partial charge in [-0.05, 0) is 12.5 Å². The van der Waals surface area contributed by atoms with E-state index in [1.165, 1.54) is 86.1 Å². The first-order valence-electron chi connectivity index (χ1n) is 13.6. The predicted octanol–water partition coefficient (Wildman–Crippen LogP) is 18.6. The van der Waals surface area contributed by atoms with E-state index in [1.54, 1.807) is 0 Å². The highest BCUT2D eigenvalue weighted by atomic mass is 32.3. The molecule has 9 heterocycles. The molecule has 0 aromatic heterocycles. The highest BCUT2D eigenvalue weighted by molar-refractivity contribution is 8.53. The molecule has 0 spiro atoms. The topological polar surface area (TPSA) is 0 Å². The van der Waals surface area contributed by atoms with Crippen molar-refractivity contribution in [3.8, 4) is 0 Å². The average Bonchev–Trinajstić information content (AvgIpc) is 3.96. The van der Waals surface area contributed by atoms with Crippen molar-refractivity contribution in [3.05, 3.63) is 86.1 Å². The molecule has 0 saturated heterocycles. The van der Waals surface area contributed by atoms with Gasteiger partial charge in [0, 0.05) is 31.5 Å². The van der Waals surface area contributed by atoms with Gasteiger partial charge in [-0.1, -0.05) is 188 Å². The van der Waals surface area contributed by atoms with Gasteiger partial charge in [-0.3, -0.25) is 0 Å². The molecule has 0 aromatic rings. The average molecular weight is 1100 g/mol. The third kappa shape index (κ3) is 8.90. The molecule has 0 radical (unpaired) electrons. The van der Waals surface area contributed by atoms with E-state index >= 15 is 0 Å². The molecule has 9 aliphatic rings. The third-order valence-electron chi connectivity index (χ3n) is 6.26. The fourth-order valence-electron chi connectivity index (χ4n) is 4.13. The van der Waals surface area contributed by atoms with E-state index in [-0.39, 0.29) is 0 Å². The van der Waals surface area contributed by atoms with Crippen molar-refractivity contribution in [3.63, 3.8) is 0 Å². The normalized spacial score (nSPS) is 26.2. The lowest BCUT2D eigenvalue weighted by Crippen LogP contribution is -1.80. The minimum Gasteiger partial charge on any atom is -0.174 e. The second kappa shape index (κ2) is 18.8. The molecule has 50 heavy (non-hydrogen) atoms. The summed E-state index contributed by atoms with van der Waals surface area (Å²) in [4.78, 5) is 2.73. The quantitative estimate of drug-likeness (QED) is 0.256. The molecule has 0 amide bonds. The fraction of sp³-hybridized carbons (Fsp3) is 0.231. The molecular formula is C26H16S24. The Bertz CT molecular complexity index is 1650. The highest BCUT2D eigenvalue weighted by Crippen LogP contribution is 2.75. The fourth-order valence-corrected chi connectivity index (χ4v) is 39.2. The maximum absolute atomic E-state index is 4.55. The molecule has 9 aliphatic heterocycles. The van der Waals surface area contributed by atoms with E-state index < -0.39 is 0 Å². The Labute approximate surface area is 397 Å². The summed E-state index contributed by atoms with van der Waals surface area (Å²) in [6.07, 6.45) is 4.39. The summed E-state index contributed by atoms with van der Waals surface area (Å²) in [5.41, 5.74) is 0. The molecule has 0 N–H and O–H groups in total. The molecule has 0 aromatic carbocycles. The van der Waals surface area contributed by atoms with Crippen molar-refractivity contribution in [1.82, 2.24) is 0 Å². The lowest BCUT2D eigenvalue weighted by molar-refractivity contribution is 1.61. The molecule has 0 nitrogen and oxygen atoms in total. The smallest absolute Gasteiger partial charge is 0.0718 e. The zero-order chi connectivity index (χ0) is 33.9. The highest BCUT2D eigenvalue weighted by Gasteiger charge is 2.39. The molecule has 0 bridgehead atoms. The van der Waals surface area contributed by atoms with Crippen LogP contribution < -0.4 is 0 Å². The Morgan fingerprint density at radius 3 is 0.800 bits per heavy atom. The monoisotopic (exact) mass is 1100 g/mol. The van der Waals surface area contributed by atoms with E-state index in [2.05, 4.69) is 37.8 Å². The number of rotatable bonds is 4. The molecule has 264 valence electrons. The maximum atomic E-state index is 4.55. The summed E-state index contributed by atoms with van der Waals surface area (Å²) in [5, 5.41) is 2.12. The number of thiol groups is 2. The van der Waals surface area contributed by atoms with Gasteiger partial charge in [0.15, 0.2) is 0 Å². The standard InChI is InChI=1S/C26H16S24/c1-29-9-10(30-2)38-17(37-9)20-45-25-26(46-20)50-22(49-25)19-41-13-14(42-19)34-6-32-12-11(31-5-33-13)39-18(40-12)21-47-23-24(48-21)44-16(43-23)15-35-7(3-27)8(4-28)36-15/h27-28H,3-6H2,1-2H3. The molecule has 0 saturated carbocycles. The Balaban J connectivity index is 0.783. The van der Waals surface area contributed by atoms with E-state index in [0.717, 1.165) is 21.7 Å². The van der Waals surface area contributed by atoms with Crippen LogP contribution in [0.25, 0.3) is 0 Å². The van der Waals surface area contributed by atoms with Gasteiger partial charge in [-0.25, -0.2) is 0 Å². The Kier molecular flexibility index (Phi) is 15.5. The van der Waals surface area contributed by atoms with Gasteiger partial charge in [-0.15, -0.1) is 70.6 Å². The van der Waals surface area contributed by atoms with Crippen LogP contribution in [0.15, 0.2) is 86.1 Å². The summed E-state index contributed by atoms with van der Waals surface area (Å²) in [6, 6.07) is 0. The first-order chi connectivity index (χ1) is 24.5. The predicted molar refractivity (Wildman–Crippen MR) is 287 cm³/mol. The number of hydrogen-bond donors (Lipinski definition) is 2. The maximum Gasteiger partial charge on any atom is 0.0718 e. The Morgan fingerprint density at radius 2 is 0.560 bits per heavy atom. The summed E-state index contributed by atoms with van der Waals surface area (Å²) in [7, 11) is 0. The molecule has 24 heteroatoms. The minimum absolute atomic E-state index is 0.798. The van der Waals surface area contributed by atoms with Crippen LogP contribution in [0.3, 0.4) is 0 Å². The minimum atomic E-state index is 0.798. The van der Waals surface area contributed by atoms with Crippen molar-refractivity contribution >= 4 is 284 Å². The van der Waals surface area contributed by atoms with Crippen LogP contribution in [0.1, 0.15) is 0 Å². The third-order valence-corrected chi connectivity index (χ3v) is 39.9. The second-order valence-electron chi connectivity index (χ2n) is 9.19. The van der Waals surface area contributed by atoms with Gasteiger partial charge >= 0.3 is 0 Å². The van der Waals surface area contributed by atoms with Crippen LogP contribution >= 0.6 is 284 Å². The first-order valence-corrected chi connectivity index (χ1v) is 34.3. The molecule has 9 rings (SSSR count). The van der Waals surface area contributed by atoms with Crippen LogP contribution in [0.5, 0.6) is 0 Å². The van der Waals surface area contributed by atoms with E-state index in [0.29, 0.717) is 0 Å². The SMILES string of the molecule is CSC1=C(SC)SC(=C2SC3=C(S2)SC(=C2SC4=C(SCSC5=C(SCS4)SC(=C4SC6=C(SC(=C7SC(CS)=C(CS)S7)S6)S4)S5)S2)S3)S1. The van der Waals surface area contributed by atoms with Crippen LogP contribution in [0.2, 0.25) is 0 Å². The first kappa shape index (κ1) is 41.2. The van der Waals surface area contributed by atoms with Crippen molar-refractivity contribution in [1.29, 1.82) is 0 Å². The van der Waals surface area contributed by atoms with Gasteiger partial charge in [-0.2, -0.15) is 25.3 Å². The zero-order valence-corrected chi connectivity index (χ0v) is 44.5. The molecule has 0 fully saturated rings. The van der Waals surface area contributed by atoms with Crippen molar-refractivity contribution in [2.24, 2.45) is 0 Å². The lowest BCUT2D eigenvalue weighted by atomic mass is 10.6. The summed E-state index contributed by atoms with van der Waals surface area (Å²) < 4.78 is 26.5. The number of hydrogen-bond acceptors (Lipinski definition) is 24. The Hall–Kier alpha value is 5.80. The molecule has 0 atom stereocenters. The van der Waals surface area contributed by atoms with Gasteiger partial charge < -0.3 is 0 Å². The summed E-state index contributed by atoms with van der Waals surface area (Å²) in [5.74, 6) is 1.60. The van der Waals surface area contributed by atoms with Crippen LogP contribution in [-0.4, -0.2) is 34.2 Å². The van der Waals surface area contributed by atoms with Gasteiger partial charge in [0.1, 0.15) is 0 Å². The molecule has 0 unspecified atom stereocenters. The van der Waals surface area contributed by atoms with Crippen LogP contribution in [-0.2, 0) is 0 Å². The van der Waals surface area contributed by atoms with Gasteiger partial charge in [0.25, 0.3) is 0 Å². The second-order valence-corrected chi connectivity index (χ2v) is 37.3. The van der Waals surface area contributed by atoms with Crippen molar-refractivity contribution in [2.75, 3.05) is 34.2 Å². The molecule has 0 aliphatic carbocycles. The van der Waals surface area contributed by atoms with E-state index in [1.807, 2.05) is 259 Å². The van der Waals surface area contributed by atoms with Gasteiger partial charge in [0.2, 0.25) is 0 Å². The van der Waals surface area contributed by atoms with Crippen LogP contribution in [0.4, 0.5) is 0 Å². The summed E-state index contributed by atoms with van der Waals surface area (Å²) >= 11 is 52.8. The van der Waals surface area contributed by atoms with E-state index in [4.69, 9.17) is 0 Å². The van der Waals surface area contributed by atoms with Crippen LogP contribution in [0, 0.1) is 0 Å². The summed E-state index contributed by atoms with van der Waals surface area (Å²) in [6.45, 7) is 0. The van der Waals surface area contributed by atoms with Crippen molar-refractivity contribution in [2.45, 2.75) is 0 Å². The van der Waals surface area contributed by atoms with Crippen molar-refractivity contribution < 1.29 is 0 Å². The van der Waals surface area contributed by atoms with E-state index in [9.17, 15) is 0 Å². The largest absolute Gasteiger partial charge is 0.174 e. The zero-order valence-electron chi connectivity index (χ0n) is 24.7. The van der Waals surface area contributed by atoms with Gasteiger partial charge in [0.05, 0.1) is 76.3 Å². The molecular weight excluding hydrogens is 1080 g/mol. The number of thioether (sulfide) groups is 22.